The van der Waals surface area contributed by atoms with E-state index in [9.17, 15) is 0 Å². The van der Waals surface area contributed by atoms with E-state index in [2.05, 4.69) is 138 Å². The van der Waals surface area contributed by atoms with E-state index in [0.29, 0.717) is 17.5 Å². The van der Waals surface area contributed by atoms with Crippen LogP contribution in [-0.4, -0.2) is 19.5 Å². The van der Waals surface area contributed by atoms with Crippen LogP contribution in [-0.2, 0) is 0 Å². The van der Waals surface area contributed by atoms with Gasteiger partial charge >= 0.3 is 0 Å². The molecular formula is C47H28N4S. The fourth-order valence-corrected chi connectivity index (χ4v) is 8.99. The summed E-state index contributed by atoms with van der Waals surface area (Å²) in [5, 5.41) is 7.37. The second kappa shape index (κ2) is 11.5. The summed E-state index contributed by atoms with van der Waals surface area (Å²) in [4.78, 5) is 17.6. The smallest absolute Gasteiger partial charge is 0.164 e. The zero-order chi connectivity index (χ0) is 34.2. The molecule has 0 fully saturated rings. The van der Waals surface area contributed by atoms with Crippen LogP contribution in [0.1, 0.15) is 0 Å². The Morgan fingerprint density at radius 3 is 1.85 bits per heavy atom. The van der Waals surface area contributed by atoms with Gasteiger partial charge in [-0.25, -0.2) is 15.0 Å². The summed E-state index contributed by atoms with van der Waals surface area (Å²) >= 11 is 1.83. The molecule has 0 radical (unpaired) electrons. The molecule has 0 atom stereocenters. The summed E-state index contributed by atoms with van der Waals surface area (Å²) in [6, 6.07) is 60.3. The first kappa shape index (κ1) is 29.2. The van der Waals surface area contributed by atoms with E-state index in [1.54, 1.807) is 0 Å². The normalized spacial score (nSPS) is 12.2. The van der Waals surface area contributed by atoms with Crippen molar-refractivity contribution >= 4 is 55.1 Å². The Morgan fingerprint density at radius 2 is 1.06 bits per heavy atom. The molecule has 0 bridgehead atoms. The van der Waals surface area contributed by atoms with E-state index in [4.69, 9.17) is 15.0 Å². The summed E-state index contributed by atoms with van der Waals surface area (Å²) in [5.41, 5.74) is 8.95. The van der Waals surface area contributed by atoms with Crippen LogP contribution in [0.3, 0.4) is 0 Å². The molecule has 0 saturated carbocycles. The highest BCUT2D eigenvalue weighted by Gasteiger charge is 2.24. The maximum atomic E-state index is 5.10. The molecule has 1 aliphatic rings. The predicted molar refractivity (Wildman–Crippen MR) is 215 cm³/mol. The molecule has 8 aromatic carbocycles. The van der Waals surface area contributed by atoms with Crippen molar-refractivity contribution in [1.29, 1.82) is 0 Å². The predicted octanol–water partition coefficient (Wildman–Crippen LogP) is 12.4. The molecule has 1 aliphatic heterocycles. The van der Waals surface area contributed by atoms with Crippen molar-refractivity contribution in [3.8, 4) is 51.0 Å². The number of hydrogen-bond donors (Lipinski definition) is 0. The van der Waals surface area contributed by atoms with Crippen LogP contribution in [0, 0.1) is 0 Å². The third-order valence-electron chi connectivity index (χ3n) is 10.2. The molecule has 5 heteroatoms. The van der Waals surface area contributed by atoms with Crippen LogP contribution < -0.4 is 0 Å². The lowest BCUT2D eigenvalue weighted by molar-refractivity contribution is 1.08. The second-order valence-corrected chi connectivity index (χ2v) is 14.3. The zero-order valence-electron chi connectivity index (χ0n) is 27.9. The number of fused-ring (bicyclic) bond motifs is 7. The van der Waals surface area contributed by atoms with Crippen LogP contribution in [0.15, 0.2) is 180 Å². The van der Waals surface area contributed by atoms with Gasteiger partial charge in [0.1, 0.15) is 0 Å². The molecule has 0 amide bonds. The molecule has 10 aromatic rings. The molecule has 3 heterocycles. The third-order valence-corrected chi connectivity index (χ3v) is 11.4. The Kier molecular flexibility index (Phi) is 6.45. The summed E-state index contributed by atoms with van der Waals surface area (Å²) < 4.78 is 2.45. The average Bonchev–Trinajstić information content (AvgIpc) is 3.56. The minimum Gasteiger partial charge on any atom is -0.309 e. The van der Waals surface area contributed by atoms with Crippen molar-refractivity contribution in [2.45, 2.75) is 9.79 Å². The molecule has 52 heavy (non-hydrogen) atoms. The van der Waals surface area contributed by atoms with Crippen LogP contribution in [0.2, 0.25) is 0 Å². The standard InChI is InChI=1S/C47H28N4S/c1-3-13-30(14-4-1)45-48-46(31-15-5-2-6-16-31)50-47(49-45)38-25-27-42-43-35(38)19-11-20-36(43)39-28-32(23-26-41(39)52-42)51-40-21-10-9-18-34(40)37-24-22-29-12-7-8-17-33(29)44(37)51/h1-28H. The number of rotatable bonds is 4. The number of para-hydroxylation sites is 1. The second-order valence-electron chi connectivity index (χ2n) is 13.2. The van der Waals surface area contributed by atoms with Gasteiger partial charge in [0.05, 0.1) is 11.0 Å². The van der Waals surface area contributed by atoms with Gasteiger partial charge in [-0.2, -0.15) is 0 Å². The molecule has 0 N–H and O–H groups in total. The molecule has 242 valence electrons. The van der Waals surface area contributed by atoms with Crippen molar-refractivity contribution < 1.29 is 0 Å². The quantitative estimate of drug-likeness (QED) is 0.186. The number of nitrogens with zero attached hydrogens (tertiary/aromatic N) is 4. The average molecular weight is 681 g/mol. The lowest BCUT2D eigenvalue weighted by Crippen LogP contribution is -2.02. The van der Waals surface area contributed by atoms with Crippen LogP contribution in [0.5, 0.6) is 0 Å². The van der Waals surface area contributed by atoms with Crippen molar-refractivity contribution in [3.63, 3.8) is 0 Å². The lowest BCUT2D eigenvalue weighted by atomic mass is 9.94. The van der Waals surface area contributed by atoms with Gasteiger partial charge in [0.15, 0.2) is 17.5 Å². The Morgan fingerprint density at radius 1 is 0.404 bits per heavy atom. The first-order valence-electron chi connectivity index (χ1n) is 17.5. The maximum absolute atomic E-state index is 5.10. The molecule has 0 unspecified atom stereocenters. The number of hydrogen-bond acceptors (Lipinski definition) is 4. The van der Waals surface area contributed by atoms with Gasteiger partial charge in [-0.3, -0.25) is 0 Å². The van der Waals surface area contributed by atoms with Crippen molar-refractivity contribution in [2.24, 2.45) is 0 Å². The first-order valence-corrected chi connectivity index (χ1v) is 18.3. The van der Waals surface area contributed by atoms with Crippen LogP contribution in [0.25, 0.3) is 94.3 Å². The first-order chi connectivity index (χ1) is 25.8. The minimum atomic E-state index is 0.660. The Labute approximate surface area is 304 Å². The minimum absolute atomic E-state index is 0.660. The van der Waals surface area contributed by atoms with Gasteiger partial charge in [-0.1, -0.05) is 145 Å². The highest BCUT2D eigenvalue weighted by atomic mass is 32.2. The van der Waals surface area contributed by atoms with Crippen molar-refractivity contribution in [3.05, 3.63) is 170 Å². The number of benzene rings is 8. The summed E-state index contributed by atoms with van der Waals surface area (Å²) in [6.45, 7) is 0. The van der Waals surface area contributed by atoms with E-state index >= 15 is 0 Å². The SMILES string of the molecule is c1ccc(-c2nc(-c3ccccc3)nc(-c3ccc4c5c(cccc35)-c3cc(-n5c6ccccc6c6ccc7ccccc7c65)ccc3S4)n2)cc1. The van der Waals surface area contributed by atoms with Gasteiger partial charge in [0, 0.05) is 53.7 Å². The van der Waals surface area contributed by atoms with Gasteiger partial charge in [-0.15, -0.1) is 0 Å². The zero-order valence-corrected chi connectivity index (χ0v) is 28.7. The highest BCUT2D eigenvalue weighted by Crippen LogP contribution is 2.50. The summed E-state index contributed by atoms with van der Waals surface area (Å²) in [7, 11) is 0. The van der Waals surface area contributed by atoms with Gasteiger partial charge < -0.3 is 4.57 Å². The van der Waals surface area contributed by atoms with Crippen LogP contribution in [0.4, 0.5) is 0 Å². The molecule has 0 aliphatic carbocycles. The summed E-state index contributed by atoms with van der Waals surface area (Å²) in [5.74, 6) is 1.99. The molecular weight excluding hydrogens is 653 g/mol. The molecule has 2 aromatic heterocycles. The fourth-order valence-electron chi connectivity index (χ4n) is 7.88. The maximum Gasteiger partial charge on any atom is 0.164 e. The Balaban J connectivity index is 1.13. The lowest BCUT2D eigenvalue weighted by Gasteiger charge is -2.23. The highest BCUT2D eigenvalue weighted by molar-refractivity contribution is 7.99. The van der Waals surface area contributed by atoms with E-state index in [1.807, 2.05) is 48.2 Å². The van der Waals surface area contributed by atoms with E-state index < -0.39 is 0 Å². The van der Waals surface area contributed by atoms with E-state index in [-0.39, 0.29) is 0 Å². The number of aromatic nitrogens is 4. The Bertz CT molecular complexity index is 2980. The van der Waals surface area contributed by atoms with Crippen molar-refractivity contribution in [2.75, 3.05) is 0 Å². The van der Waals surface area contributed by atoms with E-state index in [1.165, 1.54) is 58.9 Å². The summed E-state index contributed by atoms with van der Waals surface area (Å²) in [6.07, 6.45) is 0. The molecule has 0 saturated heterocycles. The monoisotopic (exact) mass is 680 g/mol. The largest absolute Gasteiger partial charge is 0.309 e. The Hall–Kier alpha value is -6.56. The topological polar surface area (TPSA) is 43.6 Å². The van der Waals surface area contributed by atoms with E-state index in [0.717, 1.165) is 27.8 Å². The molecule has 4 nitrogen and oxygen atoms in total. The third kappa shape index (κ3) is 4.46. The van der Waals surface area contributed by atoms with Crippen LogP contribution >= 0.6 is 11.8 Å². The van der Waals surface area contributed by atoms with Gasteiger partial charge in [-0.05, 0) is 58.3 Å². The molecule has 11 rings (SSSR count). The molecule has 0 spiro atoms. The fraction of sp³-hybridized carbons (Fsp3) is 0. The van der Waals surface area contributed by atoms with Crippen molar-refractivity contribution in [1.82, 2.24) is 19.5 Å². The van der Waals surface area contributed by atoms with Gasteiger partial charge in [0.25, 0.3) is 0 Å². The van der Waals surface area contributed by atoms with Gasteiger partial charge in [0.2, 0.25) is 0 Å².